The van der Waals surface area contributed by atoms with Gasteiger partial charge in [0.2, 0.25) is 0 Å². The Morgan fingerprint density at radius 3 is 2.44 bits per heavy atom. The summed E-state index contributed by atoms with van der Waals surface area (Å²) in [5.74, 6) is 0.670. The Morgan fingerprint density at radius 1 is 0.836 bits per heavy atom. The Labute approximate surface area is 323 Å². The van der Waals surface area contributed by atoms with Gasteiger partial charge in [-0.25, -0.2) is 4.39 Å². The number of ether oxygens (including phenoxy) is 1. The van der Waals surface area contributed by atoms with Crippen LogP contribution < -0.4 is 15.5 Å². The second-order valence-corrected chi connectivity index (χ2v) is 15.1. The Kier molecular flexibility index (Phi) is 12.5. The molecule has 0 spiro atoms. The third kappa shape index (κ3) is 9.58. The van der Waals surface area contributed by atoms with E-state index in [1.807, 2.05) is 18.2 Å². The van der Waals surface area contributed by atoms with Crippen molar-refractivity contribution in [2.45, 2.75) is 45.3 Å². The van der Waals surface area contributed by atoms with Crippen molar-refractivity contribution in [2.75, 3.05) is 69.7 Å². The quantitative estimate of drug-likeness (QED) is 0.164. The van der Waals surface area contributed by atoms with E-state index in [1.54, 1.807) is 72.7 Å². The van der Waals surface area contributed by atoms with Crippen molar-refractivity contribution in [2.24, 2.45) is 11.8 Å². The molecular weight excluding hydrogens is 696 g/mol. The first kappa shape index (κ1) is 38.2. The molecule has 3 aliphatic rings. The summed E-state index contributed by atoms with van der Waals surface area (Å²) < 4.78 is 18.7. The molecule has 2 saturated heterocycles. The number of morpholine rings is 1. The molecule has 3 fully saturated rings. The normalized spacial score (nSPS) is 18.6. The van der Waals surface area contributed by atoms with E-state index in [1.165, 1.54) is 25.7 Å². The monoisotopic (exact) mass is 746 g/mol. The molecule has 2 aliphatic heterocycles. The lowest BCUT2D eigenvalue weighted by atomic mass is 9.75. The predicted octanol–water partition coefficient (Wildman–Crippen LogP) is 6.82. The maximum Gasteiger partial charge on any atom is 0.255 e. The minimum Gasteiger partial charge on any atom is -0.379 e. The highest BCUT2D eigenvalue weighted by molar-refractivity contribution is 6.08. The average molecular weight is 747 g/mol. The van der Waals surface area contributed by atoms with Crippen LogP contribution in [-0.4, -0.2) is 92.0 Å². The number of hydrogen-bond acceptors (Lipinski definition) is 7. The minimum atomic E-state index is -0.567. The first-order chi connectivity index (χ1) is 26.8. The molecule has 1 saturated carbocycles. The minimum absolute atomic E-state index is 0.149. The molecule has 2 N–H and O–H groups in total. The van der Waals surface area contributed by atoms with Crippen molar-refractivity contribution in [3.8, 4) is 11.3 Å². The molecule has 10 nitrogen and oxygen atoms in total. The number of benzene rings is 3. The van der Waals surface area contributed by atoms with Crippen LogP contribution >= 0.6 is 0 Å². The number of halogens is 1. The van der Waals surface area contributed by atoms with E-state index in [-0.39, 0.29) is 24.3 Å². The standard InChI is InChI=1S/C44H51FN6O4/c1-49(18-19-50-20-22-55-23-21-50)44(54)36-11-5-10-34(25-36)43(53)48-40-13-12-38(51-17-15-33-8-2-3-9-37(33)30-51)27-39(40)41-26-35(14-16-46-41)42(52)47-29-32-7-4-6-31(24-32)28-45/h4-7,10-14,16,24-27,33,37H,2-3,8-9,15,17-23,28-30H2,1H3,(H,47,52)(H,48,53)/t33-,37-/m1/s1. The maximum atomic E-state index is 13.9. The van der Waals surface area contributed by atoms with E-state index in [2.05, 4.69) is 31.5 Å². The lowest BCUT2D eigenvalue weighted by molar-refractivity contribution is 0.0338. The van der Waals surface area contributed by atoms with Crippen LogP contribution in [0.25, 0.3) is 11.3 Å². The van der Waals surface area contributed by atoms with E-state index in [0.717, 1.165) is 56.3 Å². The molecule has 2 atom stereocenters. The van der Waals surface area contributed by atoms with Crippen LogP contribution in [-0.2, 0) is 18.0 Å². The van der Waals surface area contributed by atoms with Crippen molar-refractivity contribution in [1.29, 1.82) is 0 Å². The highest BCUT2D eigenvalue weighted by Gasteiger charge is 2.31. The SMILES string of the molecule is CN(CCN1CCOCC1)C(=O)c1cccc(C(=O)Nc2ccc(N3CC[C@H]4CCCC[C@@H]4C3)cc2-c2cc(C(=O)NCc3cccc(CF)c3)ccn2)c1. The summed E-state index contributed by atoms with van der Waals surface area (Å²) in [7, 11) is 1.78. The molecule has 3 aromatic carbocycles. The van der Waals surface area contributed by atoms with Gasteiger partial charge < -0.3 is 25.2 Å². The van der Waals surface area contributed by atoms with Gasteiger partial charge in [0.05, 0.1) is 24.6 Å². The van der Waals surface area contributed by atoms with Crippen molar-refractivity contribution < 1.29 is 23.5 Å². The summed E-state index contributed by atoms with van der Waals surface area (Å²) in [4.78, 5) is 51.8. The van der Waals surface area contributed by atoms with E-state index in [4.69, 9.17) is 4.74 Å². The molecule has 0 unspecified atom stereocenters. The largest absolute Gasteiger partial charge is 0.379 e. The van der Waals surface area contributed by atoms with E-state index in [9.17, 15) is 18.8 Å². The summed E-state index contributed by atoms with van der Waals surface area (Å²) in [6, 6.07) is 23.3. The van der Waals surface area contributed by atoms with Crippen LogP contribution in [0.15, 0.2) is 85.1 Å². The number of nitrogens with zero attached hydrogens (tertiary/aromatic N) is 4. The smallest absolute Gasteiger partial charge is 0.255 e. The predicted molar refractivity (Wildman–Crippen MR) is 213 cm³/mol. The van der Waals surface area contributed by atoms with Gasteiger partial charge in [-0.3, -0.25) is 24.3 Å². The van der Waals surface area contributed by atoms with Gasteiger partial charge in [-0.1, -0.05) is 49.6 Å². The van der Waals surface area contributed by atoms with Crippen molar-refractivity contribution in [1.82, 2.24) is 20.1 Å². The Hall–Kier alpha value is -5.13. The number of anilines is 2. The highest BCUT2D eigenvalue weighted by Crippen LogP contribution is 2.39. The average Bonchev–Trinajstić information content (AvgIpc) is 3.24. The fourth-order valence-corrected chi connectivity index (χ4v) is 8.14. The zero-order chi connectivity index (χ0) is 38.1. The van der Waals surface area contributed by atoms with Gasteiger partial charge >= 0.3 is 0 Å². The van der Waals surface area contributed by atoms with Gasteiger partial charge in [-0.05, 0) is 84.3 Å². The molecule has 4 aromatic rings. The Morgan fingerprint density at radius 2 is 1.60 bits per heavy atom. The third-order valence-corrected chi connectivity index (χ3v) is 11.4. The van der Waals surface area contributed by atoms with Crippen LogP contribution in [0, 0.1) is 11.8 Å². The van der Waals surface area contributed by atoms with Crippen molar-refractivity contribution >= 4 is 29.1 Å². The maximum absolute atomic E-state index is 13.9. The number of carbonyl (C=O) groups excluding carboxylic acids is 3. The van der Waals surface area contributed by atoms with Gasteiger partial charge in [0.1, 0.15) is 6.67 Å². The molecule has 3 amide bonds. The first-order valence-electron chi connectivity index (χ1n) is 19.6. The number of hydrogen-bond donors (Lipinski definition) is 2. The van der Waals surface area contributed by atoms with Crippen LogP contribution in [0.1, 0.15) is 74.3 Å². The molecule has 0 radical (unpaired) electrons. The number of aromatic nitrogens is 1. The Bertz CT molecular complexity index is 1980. The summed E-state index contributed by atoms with van der Waals surface area (Å²) in [6.45, 7) is 6.09. The summed E-state index contributed by atoms with van der Waals surface area (Å²) >= 11 is 0. The number of alkyl halides is 1. The van der Waals surface area contributed by atoms with Gasteiger partial charge in [-0.2, -0.15) is 0 Å². The molecule has 1 aromatic heterocycles. The molecule has 7 rings (SSSR count). The molecule has 1 aliphatic carbocycles. The number of fused-ring (bicyclic) bond motifs is 1. The Balaban J connectivity index is 1.11. The zero-order valence-electron chi connectivity index (χ0n) is 31.6. The van der Waals surface area contributed by atoms with Crippen LogP contribution in [0.2, 0.25) is 0 Å². The van der Waals surface area contributed by atoms with E-state index in [0.29, 0.717) is 64.9 Å². The number of rotatable bonds is 12. The highest BCUT2D eigenvalue weighted by atomic mass is 19.1. The summed E-state index contributed by atoms with van der Waals surface area (Å²) in [6.07, 6.45) is 7.93. The fraction of sp³-hybridized carbons (Fsp3) is 0.409. The van der Waals surface area contributed by atoms with Crippen molar-refractivity contribution in [3.05, 3.63) is 113 Å². The van der Waals surface area contributed by atoms with Crippen LogP contribution in [0.5, 0.6) is 0 Å². The van der Waals surface area contributed by atoms with Gasteiger partial charge in [0.15, 0.2) is 0 Å². The van der Waals surface area contributed by atoms with Crippen LogP contribution in [0.4, 0.5) is 15.8 Å². The fourth-order valence-electron chi connectivity index (χ4n) is 8.14. The molecule has 11 heteroatoms. The van der Waals surface area contributed by atoms with Gasteiger partial charge in [0, 0.05) is 87.0 Å². The number of piperidine rings is 1. The van der Waals surface area contributed by atoms with E-state index >= 15 is 0 Å². The summed E-state index contributed by atoms with van der Waals surface area (Å²) in [5.41, 5.74) is 5.42. The number of nitrogens with one attached hydrogen (secondary N) is 2. The number of likely N-dealkylation sites (N-methyl/N-ethyl adjacent to an activating group) is 1. The number of carbonyl (C=O) groups is 3. The lowest BCUT2D eigenvalue weighted by Crippen LogP contribution is -2.41. The second-order valence-electron chi connectivity index (χ2n) is 15.1. The summed E-state index contributed by atoms with van der Waals surface area (Å²) in [5, 5.41) is 6.04. The lowest BCUT2D eigenvalue weighted by Gasteiger charge is -2.42. The van der Waals surface area contributed by atoms with Crippen molar-refractivity contribution in [3.63, 3.8) is 0 Å². The number of pyridine rings is 1. The first-order valence-corrected chi connectivity index (χ1v) is 19.6. The molecular formula is C44H51FN6O4. The molecule has 288 valence electrons. The zero-order valence-corrected chi connectivity index (χ0v) is 31.6. The number of amides is 3. The van der Waals surface area contributed by atoms with Gasteiger partial charge in [0.25, 0.3) is 17.7 Å². The van der Waals surface area contributed by atoms with E-state index < -0.39 is 6.67 Å². The molecule has 3 heterocycles. The molecule has 55 heavy (non-hydrogen) atoms. The topological polar surface area (TPSA) is 107 Å². The van der Waals surface area contributed by atoms with Crippen LogP contribution in [0.3, 0.4) is 0 Å². The second kappa shape index (κ2) is 18.0. The van der Waals surface area contributed by atoms with Gasteiger partial charge in [-0.15, -0.1) is 0 Å². The third-order valence-electron chi connectivity index (χ3n) is 11.4. The molecule has 0 bridgehead atoms.